The Morgan fingerprint density at radius 3 is 2.67 bits per heavy atom. The van der Waals surface area contributed by atoms with Gasteiger partial charge in [-0.05, 0) is 26.4 Å². The van der Waals surface area contributed by atoms with E-state index in [1.54, 1.807) is 12.4 Å². The van der Waals surface area contributed by atoms with Gasteiger partial charge in [0.25, 0.3) is 0 Å². The van der Waals surface area contributed by atoms with E-state index in [-0.39, 0.29) is 12.3 Å². The number of aromatic nitrogens is 2. The van der Waals surface area contributed by atoms with E-state index in [0.717, 1.165) is 12.2 Å². The second kappa shape index (κ2) is 7.40. The predicted molar refractivity (Wildman–Crippen MR) is 70.6 cm³/mol. The zero-order valence-corrected chi connectivity index (χ0v) is 11.6. The number of aryl methyl sites for hydroxylation is 1. The van der Waals surface area contributed by atoms with Crippen LogP contribution in [0.1, 0.15) is 24.7 Å². The van der Waals surface area contributed by atoms with Gasteiger partial charge in [-0.1, -0.05) is 6.92 Å². The van der Waals surface area contributed by atoms with E-state index < -0.39 is 10.0 Å². The predicted octanol–water partition coefficient (Wildman–Crippen LogP) is 0.204. The molecule has 0 fully saturated rings. The third-order valence-electron chi connectivity index (χ3n) is 2.32. The Bertz CT molecular complexity index is 445. The van der Waals surface area contributed by atoms with E-state index in [9.17, 15) is 8.42 Å². The molecule has 7 heteroatoms. The molecule has 0 radical (unpaired) electrons. The average molecular weight is 272 g/mol. The molecule has 1 aromatic heterocycles. The molecule has 0 spiro atoms. The molecule has 0 amide bonds. The maximum Gasteiger partial charge on any atom is 0.211 e. The summed E-state index contributed by atoms with van der Waals surface area (Å²) >= 11 is 0. The van der Waals surface area contributed by atoms with Gasteiger partial charge in [-0.15, -0.1) is 0 Å². The molecule has 1 rings (SSSR count). The lowest BCUT2D eigenvalue weighted by atomic mass is 10.4. The van der Waals surface area contributed by atoms with Gasteiger partial charge >= 0.3 is 0 Å². The molecule has 102 valence electrons. The molecule has 0 aromatic carbocycles. The van der Waals surface area contributed by atoms with Gasteiger partial charge in [-0.2, -0.15) is 0 Å². The minimum absolute atomic E-state index is 0.124. The van der Waals surface area contributed by atoms with Gasteiger partial charge in [0.1, 0.15) is 0 Å². The summed E-state index contributed by atoms with van der Waals surface area (Å²) in [6, 6.07) is 0. The molecular formula is C11H20N4O2S. The third-order valence-corrected chi connectivity index (χ3v) is 3.73. The Balaban J connectivity index is 2.34. The van der Waals surface area contributed by atoms with Crippen LogP contribution in [-0.4, -0.2) is 37.2 Å². The van der Waals surface area contributed by atoms with Crippen LogP contribution in [0.25, 0.3) is 0 Å². The van der Waals surface area contributed by atoms with Gasteiger partial charge in [-0.25, -0.2) is 13.1 Å². The van der Waals surface area contributed by atoms with Crippen LogP contribution in [0.5, 0.6) is 0 Å². The Hall–Kier alpha value is -1.05. The van der Waals surface area contributed by atoms with E-state index >= 15 is 0 Å². The Kier molecular flexibility index (Phi) is 6.17. The van der Waals surface area contributed by atoms with Crippen molar-refractivity contribution >= 4 is 10.0 Å². The SMILES string of the molecule is CCNCCCS(=O)(=O)NCc1cnc(C)cn1. The highest BCUT2D eigenvalue weighted by Gasteiger charge is 2.09. The van der Waals surface area contributed by atoms with Crippen LogP contribution in [-0.2, 0) is 16.6 Å². The summed E-state index contributed by atoms with van der Waals surface area (Å²) < 4.78 is 25.8. The zero-order chi connectivity index (χ0) is 13.4. The third kappa shape index (κ3) is 6.04. The summed E-state index contributed by atoms with van der Waals surface area (Å²) in [5.41, 5.74) is 1.43. The van der Waals surface area contributed by atoms with E-state index in [1.165, 1.54) is 0 Å². The fourth-order valence-corrected chi connectivity index (χ4v) is 2.37. The lowest BCUT2D eigenvalue weighted by Crippen LogP contribution is -2.28. The monoisotopic (exact) mass is 272 g/mol. The Labute approximate surface area is 108 Å². The lowest BCUT2D eigenvalue weighted by molar-refractivity contribution is 0.574. The fraction of sp³-hybridized carbons (Fsp3) is 0.636. The van der Waals surface area contributed by atoms with Crippen molar-refractivity contribution in [2.45, 2.75) is 26.8 Å². The van der Waals surface area contributed by atoms with Crippen molar-refractivity contribution in [2.75, 3.05) is 18.8 Å². The first kappa shape index (κ1) is 15.0. The molecule has 1 aromatic rings. The summed E-state index contributed by atoms with van der Waals surface area (Å²) in [4.78, 5) is 8.15. The maximum absolute atomic E-state index is 11.6. The molecule has 0 saturated carbocycles. The molecule has 0 unspecified atom stereocenters. The number of rotatable bonds is 8. The van der Waals surface area contributed by atoms with Crippen molar-refractivity contribution in [1.29, 1.82) is 0 Å². The van der Waals surface area contributed by atoms with E-state index in [0.29, 0.717) is 18.7 Å². The molecule has 0 aliphatic rings. The van der Waals surface area contributed by atoms with Crippen molar-refractivity contribution in [3.05, 3.63) is 23.8 Å². The average Bonchev–Trinajstić information content (AvgIpc) is 2.34. The second-order valence-corrected chi connectivity index (χ2v) is 5.92. The van der Waals surface area contributed by atoms with Crippen LogP contribution in [0.4, 0.5) is 0 Å². The van der Waals surface area contributed by atoms with Crippen molar-refractivity contribution in [3.8, 4) is 0 Å². The van der Waals surface area contributed by atoms with Crippen LogP contribution >= 0.6 is 0 Å². The number of sulfonamides is 1. The van der Waals surface area contributed by atoms with Crippen LogP contribution in [0.3, 0.4) is 0 Å². The van der Waals surface area contributed by atoms with Crippen LogP contribution in [0.15, 0.2) is 12.4 Å². The van der Waals surface area contributed by atoms with Crippen molar-refractivity contribution in [1.82, 2.24) is 20.0 Å². The van der Waals surface area contributed by atoms with Gasteiger partial charge in [0, 0.05) is 6.20 Å². The molecule has 0 saturated heterocycles. The first-order chi connectivity index (χ1) is 8.53. The molecular weight excluding hydrogens is 252 g/mol. The quantitative estimate of drug-likeness (QED) is 0.661. The Morgan fingerprint density at radius 1 is 1.28 bits per heavy atom. The van der Waals surface area contributed by atoms with Gasteiger partial charge in [-0.3, -0.25) is 9.97 Å². The van der Waals surface area contributed by atoms with Crippen molar-refractivity contribution in [3.63, 3.8) is 0 Å². The lowest BCUT2D eigenvalue weighted by Gasteiger charge is -2.06. The zero-order valence-electron chi connectivity index (χ0n) is 10.8. The van der Waals surface area contributed by atoms with Gasteiger partial charge < -0.3 is 5.32 Å². The maximum atomic E-state index is 11.6. The van der Waals surface area contributed by atoms with Gasteiger partial charge in [0.2, 0.25) is 10.0 Å². The molecule has 1 heterocycles. The smallest absolute Gasteiger partial charge is 0.211 e. The summed E-state index contributed by atoms with van der Waals surface area (Å²) in [6.45, 7) is 5.58. The molecule has 0 bridgehead atoms. The van der Waals surface area contributed by atoms with Crippen molar-refractivity contribution in [2.24, 2.45) is 0 Å². The molecule has 6 nitrogen and oxygen atoms in total. The molecule has 2 N–H and O–H groups in total. The van der Waals surface area contributed by atoms with Gasteiger partial charge in [0.05, 0.1) is 29.9 Å². The largest absolute Gasteiger partial charge is 0.317 e. The van der Waals surface area contributed by atoms with Crippen molar-refractivity contribution < 1.29 is 8.42 Å². The van der Waals surface area contributed by atoms with E-state index in [1.807, 2.05) is 13.8 Å². The first-order valence-electron chi connectivity index (χ1n) is 5.99. The highest BCUT2D eigenvalue weighted by Crippen LogP contribution is 1.96. The van der Waals surface area contributed by atoms with Crippen LogP contribution < -0.4 is 10.0 Å². The molecule has 0 aliphatic heterocycles. The number of hydrogen-bond acceptors (Lipinski definition) is 5. The summed E-state index contributed by atoms with van der Waals surface area (Å²) in [5, 5.41) is 3.09. The van der Waals surface area contributed by atoms with Gasteiger partial charge in [0.15, 0.2) is 0 Å². The summed E-state index contributed by atoms with van der Waals surface area (Å²) in [7, 11) is -3.23. The second-order valence-electron chi connectivity index (χ2n) is 4.00. The first-order valence-corrected chi connectivity index (χ1v) is 7.64. The number of nitrogens with one attached hydrogen (secondary N) is 2. The number of nitrogens with zero attached hydrogens (tertiary/aromatic N) is 2. The fourth-order valence-electron chi connectivity index (χ4n) is 1.33. The van der Waals surface area contributed by atoms with Crippen LogP contribution in [0, 0.1) is 6.92 Å². The standard InChI is InChI=1S/C11H20N4O2S/c1-3-12-5-4-6-18(16,17)15-9-11-8-13-10(2)7-14-11/h7-8,12,15H,3-6,9H2,1-2H3. The summed E-state index contributed by atoms with van der Waals surface area (Å²) in [6.07, 6.45) is 3.80. The minimum atomic E-state index is -3.23. The molecule has 0 atom stereocenters. The van der Waals surface area contributed by atoms with E-state index in [4.69, 9.17) is 0 Å². The number of hydrogen-bond donors (Lipinski definition) is 2. The minimum Gasteiger partial charge on any atom is -0.317 e. The highest BCUT2D eigenvalue weighted by molar-refractivity contribution is 7.89. The Morgan fingerprint density at radius 2 is 2.06 bits per heavy atom. The molecule has 18 heavy (non-hydrogen) atoms. The molecule has 0 aliphatic carbocycles. The normalized spacial score (nSPS) is 11.7. The van der Waals surface area contributed by atoms with Crippen LogP contribution in [0.2, 0.25) is 0 Å². The summed E-state index contributed by atoms with van der Waals surface area (Å²) in [5.74, 6) is 0.124. The van der Waals surface area contributed by atoms with E-state index in [2.05, 4.69) is 20.0 Å². The highest BCUT2D eigenvalue weighted by atomic mass is 32.2. The topological polar surface area (TPSA) is 84.0 Å².